The molecule has 0 aliphatic heterocycles. The smallest absolute Gasteiger partial charge is 0.239 e. The first kappa shape index (κ1) is 14.7. The molecule has 1 aromatic carbocycles. The van der Waals surface area contributed by atoms with E-state index in [-0.39, 0.29) is 18.0 Å². The van der Waals surface area contributed by atoms with Crippen LogP contribution in [0.4, 0.5) is 0 Å². The summed E-state index contributed by atoms with van der Waals surface area (Å²) in [4.78, 5) is 14.2. The van der Waals surface area contributed by atoms with Crippen LogP contribution in [-0.2, 0) is 4.79 Å². The number of rotatable bonds is 5. The first-order valence-corrected chi connectivity index (χ1v) is 6.61. The van der Waals surface area contributed by atoms with E-state index in [0.717, 1.165) is 6.42 Å². The van der Waals surface area contributed by atoms with Gasteiger partial charge in [0.05, 0.1) is 12.1 Å². The molecule has 3 nitrogen and oxygen atoms in total. The predicted octanol–water partition coefficient (Wildman–Crippen LogP) is 2.72. The van der Waals surface area contributed by atoms with Gasteiger partial charge < -0.3 is 10.6 Å². The molecular weight excluding hydrogens is 224 g/mol. The van der Waals surface area contributed by atoms with E-state index in [9.17, 15) is 4.79 Å². The average Bonchev–Trinajstić information content (AvgIpc) is 2.35. The monoisotopic (exact) mass is 248 g/mol. The number of benzene rings is 1. The Morgan fingerprint density at radius 2 is 1.78 bits per heavy atom. The van der Waals surface area contributed by atoms with E-state index < -0.39 is 6.04 Å². The van der Waals surface area contributed by atoms with Crippen molar-refractivity contribution in [3.63, 3.8) is 0 Å². The Bertz CT molecular complexity index is 373. The molecule has 0 spiro atoms. The maximum atomic E-state index is 12.3. The second-order valence-corrected chi connectivity index (χ2v) is 4.96. The summed E-state index contributed by atoms with van der Waals surface area (Å²) in [5, 5.41) is 0. The van der Waals surface area contributed by atoms with E-state index in [1.165, 1.54) is 5.56 Å². The molecule has 0 aliphatic rings. The molecule has 18 heavy (non-hydrogen) atoms. The highest BCUT2D eigenvalue weighted by Gasteiger charge is 2.27. The zero-order valence-electron chi connectivity index (χ0n) is 11.8. The quantitative estimate of drug-likeness (QED) is 0.871. The van der Waals surface area contributed by atoms with Crippen LogP contribution in [0.3, 0.4) is 0 Å². The van der Waals surface area contributed by atoms with Gasteiger partial charge in [0.1, 0.15) is 0 Å². The summed E-state index contributed by atoms with van der Waals surface area (Å²) in [7, 11) is 0. The van der Waals surface area contributed by atoms with Crippen LogP contribution in [0, 0.1) is 0 Å². The minimum Gasteiger partial charge on any atom is -0.332 e. The van der Waals surface area contributed by atoms with Gasteiger partial charge in [-0.25, -0.2) is 0 Å². The fourth-order valence-corrected chi connectivity index (χ4v) is 2.27. The summed E-state index contributed by atoms with van der Waals surface area (Å²) in [6, 6.07) is 9.93. The normalized spacial score (nSPS) is 14.3. The lowest BCUT2D eigenvalue weighted by atomic mass is 10.0. The fourth-order valence-electron chi connectivity index (χ4n) is 2.27. The van der Waals surface area contributed by atoms with Crippen LogP contribution in [0.5, 0.6) is 0 Å². The zero-order valence-corrected chi connectivity index (χ0v) is 11.8. The Kier molecular flexibility index (Phi) is 5.35. The molecular formula is C15H24N2O. The second-order valence-electron chi connectivity index (χ2n) is 4.96. The summed E-state index contributed by atoms with van der Waals surface area (Å²) in [5.74, 6) is 0.0145. The van der Waals surface area contributed by atoms with Crippen molar-refractivity contribution in [2.45, 2.75) is 52.2 Å². The summed E-state index contributed by atoms with van der Waals surface area (Å²) in [6.45, 7) is 7.91. The Morgan fingerprint density at radius 1 is 1.22 bits per heavy atom. The van der Waals surface area contributed by atoms with Crippen molar-refractivity contribution in [3.05, 3.63) is 35.9 Å². The molecule has 0 saturated carbocycles. The number of hydrogen-bond acceptors (Lipinski definition) is 2. The minimum absolute atomic E-state index is 0.0145. The summed E-state index contributed by atoms with van der Waals surface area (Å²) in [6.07, 6.45) is 0.890. The van der Waals surface area contributed by atoms with E-state index in [0.29, 0.717) is 0 Å². The molecule has 0 saturated heterocycles. The van der Waals surface area contributed by atoms with Gasteiger partial charge in [0, 0.05) is 6.04 Å². The van der Waals surface area contributed by atoms with E-state index >= 15 is 0 Å². The highest BCUT2D eigenvalue weighted by molar-refractivity contribution is 5.82. The number of hydrogen-bond donors (Lipinski definition) is 1. The number of carbonyl (C=O) groups is 1. The Hall–Kier alpha value is -1.35. The zero-order chi connectivity index (χ0) is 13.7. The third-order valence-corrected chi connectivity index (χ3v) is 3.11. The number of nitrogens with two attached hydrogens (primary N) is 1. The van der Waals surface area contributed by atoms with Crippen LogP contribution in [-0.4, -0.2) is 22.9 Å². The molecule has 0 aliphatic carbocycles. The molecule has 0 bridgehead atoms. The lowest BCUT2D eigenvalue weighted by molar-refractivity contribution is -0.136. The fraction of sp³-hybridized carbons (Fsp3) is 0.533. The molecule has 0 aromatic heterocycles. The van der Waals surface area contributed by atoms with Gasteiger partial charge in [0.2, 0.25) is 5.91 Å². The van der Waals surface area contributed by atoms with Crippen molar-refractivity contribution < 1.29 is 4.79 Å². The van der Waals surface area contributed by atoms with Crippen LogP contribution in [0.2, 0.25) is 0 Å². The SMILES string of the molecule is CCC(c1ccccc1)N(C(=O)[C@H](C)N)C(C)C. The van der Waals surface area contributed by atoms with Gasteiger partial charge in [0.25, 0.3) is 0 Å². The van der Waals surface area contributed by atoms with Crippen LogP contribution < -0.4 is 5.73 Å². The molecule has 2 atom stereocenters. The average molecular weight is 248 g/mol. The van der Waals surface area contributed by atoms with Gasteiger partial charge in [-0.1, -0.05) is 37.3 Å². The molecule has 100 valence electrons. The Morgan fingerprint density at radius 3 is 2.17 bits per heavy atom. The number of carbonyl (C=O) groups excluding carboxylic acids is 1. The molecule has 1 aromatic rings. The van der Waals surface area contributed by atoms with Crippen LogP contribution >= 0.6 is 0 Å². The van der Waals surface area contributed by atoms with Gasteiger partial charge in [0.15, 0.2) is 0 Å². The predicted molar refractivity (Wildman–Crippen MR) is 75.1 cm³/mol. The standard InChI is InChI=1S/C15H24N2O/c1-5-14(13-9-7-6-8-10-13)17(11(2)3)15(18)12(4)16/h6-12,14H,5,16H2,1-4H3/t12-,14?/m0/s1. The summed E-state index contributed by atoms with van der Waals surface area (Å²) in [5.41, 5.74) is 6.92. The van der Waals surface area contributed by atoms with Crippen LogP contribution in [0.25, 0.3) is 0 Å². The molecule has 0 fully saturated rings. The largest absolute Gasteiger partial charge is 0.332 e. The maximum Gasteiger partial charge on any atom is 0.239 e. The van der Waals surface area contributed by atoms with Gasteiger partial charge in [-0.3, -0.25) is 4.79 Å². The topological polar surface area (TPSA) is 46.3 Å². The molecule has 2 N–H and O–H groups in total. The van der Waals surface area contributed by atoms with Crippen molar-refractivity contribution in [2.24, 2.45) is 5.73 Å². The highest BCUT2D eigenvalue weighted by atomic mass is 16.2. The molecule has 0 heterocycles. The van der Waals surface area contributed by atoms with Crippen LogP contribution in [0.15, 0.2) is 30.3 Å². The molecule has 3 heteroatoms. The van der Waals surface area contributed by atoms with Crippen molar-refractivity contribution in [3.8, 4) is 0 Å². The highest BCUT2D eigenvalue weighted by Crippen LogP contribution is 2.26. The van der Waals surface area contributed by atoms with E-state index in [1.54, 1.807) is 6.92 Å². The van der Waals surface area contributed by atoms with Crippen molar-refractivity contribution >= 4 is 5.91 Å². The third kappa shape index (κ3) is 3.33. The summed E-state index contributed by atoms with van der Waals surface area (Å²) >= 11 is 0. The first-order chi connectivity index (χ1) is 8.49. The third-order valence-electron chi connectivity index (χ3n) is 3.11. The van der Waals surface area contributed by atoms with Gasteiger partial charge >= 0.3 is 0 Å². The van der Waals surface area contributed by atoms with Crippen molar-refractivity contribution in [1.29, 1.82) is 0 Å². The van der Waals surface area contributed by atoms with Crippen molar-refractivity contribution in [1.82, 2.24) is 4.90 Å². The maximum absolute atomic E-state index is 12.3. The van der Waals surface area contributed by atoms with E-state index in [4.69, 9.17) is 5.73 Å². The second kappa shape index (κ2) is 6.55. The van der Waals surface area contributed by atoms with E-state index in [2.05, 4.69) is 19.1 Å². The van der Waals surface area contributed by atoms with Gasteiger partial charge in [-0.2, -0.15) is 0 Å². The van der Waals surface area contributed by atoms with Crippen molar-refractivity contribution in [2.75, 3.05) is 0 Å². The van der Waals surface area contributed by atoms with Gasteiger partial charge in [-0.05, 0) is 32.8 Å². The Balaban J connectivity index is 3.06. The Labute approximate surface area is 110 Å². The lowest BCUT2D eigenvalue weighted by Crippen LogP contribution is -2.47. The van der Waals surface area contributed by atoms with Crippen LogP contribution in [0.1, 0.15) is 45.7 Å². The van der Waals surface area contributed by atoms with Gasteiger partial charge in [-0.15, -0.1) is 0 Å². The molecule has 1 rings (SSSR count). The first-order valence-electron chi connectivity index (χ1n) is 6.61. The van der Waals surface area contributed by atoms with E-state index in [1.807, 2.05) is 36.9 Å². The molecule has 0 radical (unpaired) electrons. The number of nitrogens with zero attached hydrogens (tertiary/aromatic N) is 1. The lowest BCUT2D eigenvalue weighted by Gasteiger charge is -2.36. The molecule has 1 unspecified atom stereocenters. The minimum atomic E-state index is -0.454. The number of amides is 1. The molecule has 1 amide bonds. The summed E-state index contributed by atoms with van der Waals surface area (Å²) < 4.78 is 0.